The number of carboxylic acids is 1. The average molecular weight is 544 g/mol. The summed E-state index contributed by atoms with van der Waals surface area (Å²) < 4.78 is 23.2. The van der Waals surface area contributed by atoms with E-state index in [9.17, 15) is 19.4 Å². The molecule has 1 aliphatic heterocycles. The molecule has 8 heteroatoms. The SMILES string of the molecule is CC[C@@H]1CN(Cc2cc(C(c3cc(F)c(C(C)O)s3)C(C)(C)C(=O)O)ccc2C)Sc2ccccc2O1. The molecule has 2 heterocycles. The Bertz CT molecular complexity index is 1270. The molecule has 0 saturated heterocycles. The van der Waals surface area contributed by atoms with E-state index in [2.05, 4.69) is 30.3 Å². The molecule has 5 nitrogen and oxygen atoms in total. The van der Waals surface area contributed by atoms with Crippen LogP contribution in [0.25, 0.3) is 0 Å². The lowest BCUT2D eigenvalue weighted by Gasteiger charge is -2.31. The van der Waals surface area contributed by atoms with Crippen LogP contribution >= 0.6 is 23.3 Å². The van der Waals surface area contributed by atoms with Crippen LogP contribution in [0.2, 0.25) is 0 Å². The number of aryl methyl sites for hydroxylation is 1. The third-order valence-corrected chi connectivity index (χ3v) is 9.37. The van der Waals surface area contributed by atoms with E-state index in [-0.39, 0.29) is 11.0 Å². The Morgan fingerprint density at radius 2 is 1.97 bits per heavy atom. The Kier molecular flexibility index (Phi) is 8.33. The summed E-state index contributed by atoms with van der Waals surface area (Å²) in [4.78, 5) is 14.2. The lowest BCUT2D eigenvalue weighted by Crippen LogP contribution is -2.32. The molecule has 2 unspecified atom stereocenters. The number of carboxylic acid groups (broad SMARTS) is 1. The molecule has 0 saturated carbocycles. The summed E-state index contributed by atoms with van der Waals surface area (Å²) in [6, 6.07) is 15.4. The van der Waals surface area contributed by atoms with E-state index in [0.29, 0.717) is 11.4 Å². The van der Waals surface area contributed by atoms with Gasteiger partial charge in [-0.1, -0.05) is 37.3 Å². The lowest BCUT2D eigenvalue weighted by atomic mass is 9.73. The molecule has 3 atom stereocenters. The first-order chi connectivity index (χ1) is 17.5. The number of benzene rings is 2. The van der Waals surface area contributed by atoms with Gasteiger partial charge in [-0.15, -0.1) is 11.3 Å². The Labute approximate surface area is 226 Å². The van der Waals surface area contributed by atoms with E-state index in [1.807, 2.05) is 30.3 Å². The van der Waals surface area contributed by atoms with Crippen LogP contribution < -0.4 is 4.74 Å². The van der Waals surface area contributed by atoms with E-state index in [1.54, 1.807) is 25.8 Å². The zero-order valence-corrected chi connectivity index (χ0v) is 23.5. The van der Waals surface area contributed by atoms with Crippen molar-refractivity contribution in [3.05, 3.63) is 80.8 Å². The number of hydrogen-bond donors (Lipinski definition) is 2. The van der Waals surface area contributed by atoms with Crippen molar-refractivity contribution in [1.82, 2.24) is 4.31 Å². The number of carbonyl (C=O) groups is 1. The van der Waals surface area contributed by atoms with Crippen LogP contribution in [-0.4, -0.2) is 33.1 Å². The van der Waals surface area contributed by atoms with Crippen molar-refractivity contribution in [3.8, 4) is 5.75 Å². The fourth-order valence-corrected chi connectivity index (χ4v) is 7.03. The number of halogens is 1. The van der Waals surface area contributed by atoms with Gasteiger partial charge < -0.3 is 14.9 Å². The standard InChI is InChI=1S/C29H34FNO4S2/c1-6-21-16-31(37-24-10-8-7-9-23(24)35-21)15-20-13-19(12-11-17(20)2)26(29(4,5)28(33)34)25-14-22(30)27(36-25)18(3)32/h7-14,18,21,26,32H,6,15-16H2,1-5H3,(H,33,34)/t18?,21-,26?/m1/s1. The van der Waals surface area contributed by atoms with Crippen molar-refractivity contribution in [2.24, 2.45) is 5.41 Å². The highest BCUT2D eigenvalue weighted by Gasteiger charge is 2.41. The van der Waals surface area contributed by atoms with Crippen LogP contribution in [0.3, 0.4) is 0 Å². The summed E-state index contributed by atoms with van der Waals surface area (Å²) in [5.41, 5.74) is 1.80. The van der Waals surface area contributed by atoms with Crippen molar-refractivity contribution in [3.63, 3.8) is 0 Å². The Hall–Kier alpha value is -2.39. The van der Waals surface area contributed by atoms with Crippen LogP contribution in [0, 0.1) is 18.2 Å². The largest absolute Gasteiger partial charge is 0.488 e. The van der Waals surface area contributed by atoms with Gasteiger partial charge in [0.2, 0.25) is 0 Å². The van der Waals surface area contributed by atoms with Gasteiger partial charge in [0, 0.05) is 23.9 Å². The number of ether oxygens (including phenoxy) is 1. The molecule has 0 amide bonds. The normalized spacial score (nSPS) is 18.0. The number of aliphatic carboxylic acids is 1. The van der Waals surface area contributed by atoms with Crippen LogP contribution in [0.15, 0.2) is 53.4 Å². The summed E-state index contributed by atoms with van der Waals surface area (Å²) in [5.74, 6) is -1.15. The molecule has 2 N–H and O–H groups in total. The van der Waals surface area contributed by atoms with Gasteiger partial charge in [0.1, 0.15) is 17.7 Å². The second-order valence-electron chi connectivity index (χ2n) is 10.2. The Morgan fingerprint density at radius 1 is 1.24 bits per heavy atom. The van der Waals surface area contributed by atoms with Gasteiger partial charge in [0.25, 0.3) is 0 Å². The number of aliphatic hydroxyl groups excluding tert-OH is 1. The first-order valence-electron chi connectivity index (χ1n) is 12.5. The van der Waals surface area contributed by atoms with Gasteiger partial charge in [-0.05, 0) is 81.0 Å². The van der Waals surface area contributed by atoms with Gasteiger partial charge in [-0.25, -0.2) is 8.70 Å². The highest BCUT2D eigenvalue weighted by molar-refractivity contribution is 7.97. The predicted octanol–water partition coefficient (Wildman–Crippen LogP) is 7.17. The minimum absolute atomic E-state index is 0.0614. The first-order valence-corrected chi connectivity index (χ1v) is 14.1. The maximum atomic E-state index is 14.7. The van der Waals surface area contributed by atoms with Crippen LogP contribution in [-0.2, 0) is 11.3 Å². The smallest absolute Gasteiger partial charge is 0.310 e. The van der Waals surface area contributed by atoms with E-state index < -0.39 is 29.2 Å². The van der Waals surface area contributed by atoms with Gasteiger partial charge >= 0.3 is 5.97 Å². The topological polar surface area (TPSA) is 70.0 Å². The zero-order valence-electron chi connectivity index (χ0n) is 21.8. The minimum Gasteiger partial charge on any atom is -0.488 e. The predicted molar refractivity (Wildman–Crippen MR) is 147 cm³/mol. The fourth-order valence-electron chi connectivity index (χ4n) is 4.67. The molecule has 4 rings (SSSR count). The molecule has 0 fully saturated rings. The maximum absolute atomic E-state index is 14.7. The van der Waals surface area contributed by atoms with Crippen molar-refractivity contribution >= 4 is 29.3 Å². The first kappa shape index (κ1) is 27.6. The second-order valence-corrected chi connectivity index (χ2v) is 12.4. The summed E-state index contributed by atoms with van der Waals surface area (Å²) in [5, 5.41) is 20.1. The monoisotopic (exact) mass is 543 g/mol. The van der Waals surface area contributed by atoms with Crippen molar-refractivity contribution in [2.45, 2.75) is 70.6 Å². The zero-order chi connectivity index (χ0) is 26.9. The average Bonchev–Trinajstić information content (AvgIpc) is 3.12. The van der Waals surface area contributed by atoms with Crippen LogP contribution in [0.5, 0.6) is 5.75 Å². The fraction of sp³-hybridized carbons (Fsp3) is 0.414. The molecule has 1 aliphatic rings. The molecular formula is C29H34FNO4S2. The second kappa shape index (κ2) is 11.2. The molecule has 2 aromatic carbocycles. The van der Waals surface area contributed by atoms with Crippen molar-refractivity contribution in [2.75, 3.05) is 6.54 Å². The summed E-state index contributed by atoms with van der Waals surface area (Å²) in [7, 11) is 0. The van der Waals surface area contributed by atoms with Gasteiger partial charge in [0.05, 0.1) is 21.3 Å². The van der Waals surface area contributed by atoms with Gasteiger partial charge in [-0.3, -0.25) is 4.79 Å². The van der Waals surface area contributed by atoms with E-state index >= 15 is 0 Å². The molecular weight excluding hydrogens is 509 g/mol. The molecule has 1 aromatic heterocycles. The van der Waals surface area contributed by atoms with Gasteiger partial charge in [0.15, 0.2) is 0 Å². The summed E-state index contributed by atoms with van der Waals surface area (Å²) in [6.45, 7) is 10.4. The van der Waals surface area contributed by atoms with E-state index in [0.717, 1.165) is 51.6 Å². The number of rotatable bonds is 8. The summed E-state index contributed by atoms with van der Waals surface area (Å²) >= 11 is 2.81. The lowest BCUT2D eigenvalue weighted by molar-refractivity contribution is -0.147. The quantitative estimate of drug-likeness (QED) is 0.294. The third-order valence-electron chi connectivity index (χ3n) is 6.96. The summed E-state index contributed by atoms with van der Waals surface area (Å²) in [6.07, 6.45) is -0.0154. The number of aliphatic hydroxyl groups is 1. The molecule has 37 heavy (non-hydrogen) atoms. The highest BCUT2D eigenvalue weighted by Crippen LogP contribution is 2.46. The molecule has 0 radical (unpaired) electrons. The van der Waals surface area contributed by atoms with Gasteiger partial charge in [-0.2, -0.15) is 0 Å². The molecule has 0 aliphatic carbocycles. The molecule has 0 bridgehead atoms. The van der Waals surface area contributed by atoms with Crippen LogP contribution in [0.1, 0.15) is 72.6 Å². The highest BCUT2D eigenvalue weighted by atomic mass is 32.2. The number of hydrogen-bond acceptors (Lipinski definition) is 6. The number of fused-ring (bicyclic) bond motifs is 1. The number of para-hydroxylation sites is 1. The Morgan fingerprint density at radius 3 is 2.62 bits per heavy atom. The number of nitrogens with zero attached hydrogens (tertiary/aromatic N) is 1. The molecule has 198 valence electrons. The van der Waals surface area contributed by atoms with Crippen molar-refractivity contribution < 1.29 is 24.1 Å². The number of thiophene rings is 1. The van der Waals surface area contributed by atoms with E-state index in [1.165, 1.54) is 13.0 Å². The maximum Gasteiger partial charge on any atom is 0.310 e. The van der Waals surface area contributed by atoms with E-state index in [4.69, 9.17) is 4.74 Å². The third kappa shape index (κ3) is 5.87. The molecule has 0 spiro atoms. The minimum atomic E-state index is -1.20. The molecule has 3 aromatic rings. The Balaban J connectivity index is 1.72. The van der Waals surface area contributed by atoms with Crippen LogP contribution in [0.4, 0.5) is 4.39 Å². The van der Waals surface area contributed by atoms with Crippen molar-refractivity contribution in [1.29, 1.82) is 0 Å².